The molecule has 1 N–H and O–H groups in total. The number of benzene rings is 1. The number of carbonyl (C=O) groups excluding carboxylic acids is 1. The first-order valence-corrected chi connectivity index (χ1v) is 7.01. The van der Waals surface area contributed by atoms with E-state index < -0.39 is 11.4 Å². The maximum atomic E-state index is 12.5. The van der Waals surface area contributed by atoms with Gasteiger partial charge in [-0.25, -0.2) is 0 Å². The summed E-state index contributed by atoms with van der Waals surface area (Å²) in [5.74, 6) is -0.860. The van der Waals surface area contributed by atoms with Crippen LogP contribution in [0, 0.1) is 12.3 Å². The summed E-state index contributed by atoms with van der Waals surface area (Å²) in [7, 11) is 0. The van der Waals surface area contributed by atoms with E-state index in [0.717, 1.165) is 5.56 Å². The lowest BCUT2D eigenvalue weighted by Crippen LogP contribution is -2.45. The number of piperidine rings is 1. The predicted octanol–water partition coefficient (Wildman–Crippen LogP) is 2.98. The van der Waals surface area contributed by atoms with Crippen molar-refractivity contribution in [2.24, 2.45) is 5.41 Å². The standard InChI is InChI=1S/C15H18ClNO3/c1-10-11(4-3-5-12(10)16)13(18)17-8-6-15(2,7-9-17)14(19)20/h3-5H,6-9H2,1-2H3,(H,19,20). The second-order valence-electron chi connectivity index (χ2n) is 5.57. The third-order valence-electron chi connectivity index (χ3n) is 4.17. The van der Waals surface area contributed by atoms with E-state index >= 15 is 0 Å². The van der Waals surface area contributed by atoms with E-state index in [4.69, 9.17) is 11.6 Å². The van der Waals surface area contributed by atoms with Crippen LogP contribution in [0.1, 0.15) is 35.7 Å². The predicted molar refractivity (Wildman–Crippen MR) is 77.1 cm³/mol. The Morgan fingerprint density at radius 1 is 1.30 bits per heavy atom. The molecule has 0 aliphatic carbocycles. The van der Waals surface area contributed by atoms with Crippen LogP contribution in [0.25, 0.3) is 0 Å². The Morgan fingerprint density at radius 2 is 1.90 bits per heavy atom. The van der Waals surface area contributed by atoms with Crippen LogP contribution in [0.3, 0.4) is 0 Å². The van der Waals surface area contributed by atoms with Crippen molar-refractivity contribution in [2.45, 2.75) is 26.7 Å². The molecule has 108 valence electrons. The molecule has 0 saturated carbocycles. The van der Waals surface area contributed by atoms with Gasteiger partial charge in [0.15, 0.2) is 0 Å². The van der Waals surface area contributed by atoms with Crippen molar-refractivity contribution < 1.29 is 14.7 Å². The SMILES string of the molecule is Cc1c(Cl)cccc1C(=O)N1CCC(C)(C(=O)O)CC1. The van der Waals surface area contributed by atoms with Gasteiger partial charge >= 0.3 is 5.97 Å². The van der Waals surface area contributed by atoms with Crippen LogP contribution in [0.15, 0.2) is 18.2 Å². The number of carboxylic acid groups (broad SMARTS) is 1. The van der Waals surface area contributed by atoms with Gasteiger partial charge in [0, 0.05) is 23.7 Å². The Balaban J connectivity index is 2.13. The number of carbonyl (C=O) groups is 2. The Morgan fingerprint density at radius 3 is 2.45 bits per heavy atom. The first-order valence-electron chi connectivity index (χ1n) is 6.63. The van der Waals surface area contributed by atoms with Gasteiger partial charge in [-0.15, -0.1) is 0 Å². The molecular formula is C15H18ClNO3. The summed E-state index contributed by atoms with van der Waals surface area (Å²) in [6, 6.07) is 5.27. The first-order chi connectivity index (χ1) is 9.35. The van der Waals surface area contributed by atoms with Gasteiger partial charge in [-0.1, -0.05) is 17.7 Å². The molecule has 1 amide bonds. The van der Waals surface area contributed by atoms with Gasteiger partial charge in [-0.05, 0) is 44.4 Å². The van der Waals surface area contributed by atoms with E-state index in [2.05, 4.69) is 0 Å². The van der Waals surface area contributed by atoms with Crippen molar-refractivity contribution in [3.05, 3.63) is 34.3 Å². The second-order valence-corrected chi connectivity index (χ2v) is 5.98. The summed E-state index contributed by atoms with van der Waals surface area (Å²) in [5, 5.41) is 9.77. The van der Waals surface area contributed by atoms with Gasteiger partial charge in [0.2, 0.25) is 0 Å². The van der Waals surface area contributed by atoms with Crippen LogP contribution in [-0.2, 0) is 4.79 Å². The zero-order chi connectivity index (χ0) is 14.9. The summed E-state index contributed by atoms with van der Waals surface area (Å²) >= 11 is 6.04. The van der Waals surface area contributed by atoms with E-state index in [1.165, 1.54) is 0 Å². The highest BCUT2D eigenvalue weighted by Crippen LogP contribution is 2.32. The molecule has 0 aromatic heterocycles. The Labute approximate surface area is 123 Å². The van der Waals surface area contributed by atoms with Gasteiger partial charge in [-0.2, -0.15) is 0 Å². The van der Waals surface area contributed by atoms with E-state index in [-0.39, 0.29) is 5.91 Å². The molecule has 4 nitrogen and oxygen atoms in total. The molecular weight excluding hydrogens is 278 g/mol. The van der Waals surface area contributed by atoms with Crippen LogP contribution in [0.4, 0.5) is 0 Å². The number of halogens is 1. The van der Waals surface area contributed by atoms with Crippen molar-refractivity contribution in [1.82, 2.24) is 4.90 Å². The highest BCUT2D eigenvalue weighted by atomic mass is 35.5. The van der Waals surface area contributed by atoms with E-state index in [9.17, 15) is 14.7 Å². The van der Waals surface area contributed by atoms with Crippen LogP contribution < -0.4 is 0 Å². The third-order valence-corrected chi connectivity index (χ3v) is 4.58. The lowest BCUT2D eigenvalue weighted by molar-refractivity contribution is -0.150. The maximum Gasteiger partial charge on any atom is 0.309 e. The third kappa shape index (κ3) is 2.66. The number of amides is 1. The minimum Gasteiger partial charge on any atom is -0.481 e. The molecule has 20 heavy (non-hydrogen) atoms. The van der Waals surface area contributed by atoms with Crippen LogP contribution in [0.2, 0.25) is 5.02 Å². The Hall–Kier alpha value is -1.55. The van der Waals surface area contributed by atoms with E-state index in [1.54, 1.807) is 30.0 Å². The molecule has 1 fully saturated rings. The van der Waals surface area contributed by atoms with Gasteiger partial charge in [0.1, 0.15) is 0 Å². The molecule has 0 unspecified atom stereocenters. The number of rotatable bonds is 2. The van der Waals surface area contributed by atoms with Crippen LogP contribution in [-0.4, -0.2) is 35.0 Å². The number of carboxylic acids is 1. The first kappa shape index (κ1) is 14.9. The molecule has 1 aliphatic heterocycles. The maximum absolute atomic E-state index is 12.5. The molecule has 1 aromatic carbocycles. The highest BCUT2D eigenvalue weighted by molar-refractivity contribution is 6.31. The fourth-order valence-electron chi connectivity index (χ4n) is 2.43. The molecule has 1 saturated heterocycles. The number of aliphatic carboxylic acids is 1. The average molecular weight is 296 g/mol. The molecule has 1 aliphatic rings. The summed E-state index contributed by atoms with van der Waals surface area (Å²) < 4.78 is 0. The summed E-state index contributed by atoms with van der Waals surface area (Å²) in [5.41, 5.74) is 0.641. The van der Waals surface area contributed by atoms with Crippen molar-refractivity contribution in [3.63, 3.8) is 0 Å². The van der Waals surface area contributed by atoms with Gasteiger partial charge < -0.3 is 10.0 Å². The monoisotopic (exact) mass is 295 g/mol. The molecule has 5 heteroatoms. The minimum atomic E-state index is -0.788. The van der Waals surface area contributed by atoms with Crippen LogP contribution in [0.5, 0.6) is 0 Å². The Bertz CT molecular complexity index is 548. The molecule has 0 bridgehead atoms. The zero-order valence-electron chi connectivity index (χ0n) is 11.6. The number of nitrogens with zero attached hydrogens (tertiary/aromatic N) is 1. The van der Waals surface area contributed by atoms with E-state index in [0.29, 0.717) is 36.5 Å². The highest BCUT2D eigenvalue weighted by Gasteiger charge is 2.38. The normalized spacial score (nSPS) is 17.9. The molecule has 0 radical (unpaired) electrons. The molecule has 0 spiro atoms. The summed E-state index contributed by atoms with van der Waals surface area (Å²) in [6.07, 6.45) is 0.960. The number of hydrogen-bond donors (Lipinski definition) is 1. The van der Waals surface area contributed by atoms with Crippen molar-refractivity contribution in [3.8, 4) is 0 Å². The number of hydrogen-bond acceptors (Lipinski definition) is 2. The molecule has 1 aromatic rings. The smallest absolute Gasteiger partial charge is 0.309 e. The van der Waals surface area contributed by atoms with Gasteiger partial charge in [-0.3, -0.25) is 9.59 Å². The second kappa shape index (κ2) is 5.44. The average Bonchev–Trinajstić information content (AvgIpc) is 2.42. The quantitative estimate of drug-likeness (QED) is 0.912. The van der Waals surface area contributed by atoms with E-state index in [1.807, 2.05) is 6.92 Å². The minimum absolute atomic E-state index is 0.0718. The fraction of sp³-hybridized carbons (Fsp3) is 0.467. The lowest BCUT2D eigenvalue weighted by atomic mass is 9.80. The summed E-state index contributed by atoms with van der Waals surface area (Å²) in [6.45, 7) is 4.49. The van der Waals surface area contributed by atoms with Crippen molar-refractivity contribution in [1.29, 1.82) is 0 Å². The lowest BCUT2D eigenvalue weighted by Gasteiger charge is -2.36. The number of likely N-dealkylation sites (tertiary alicyclic amines) is 1. The largest absolute Gasteiger partial charge is 0.481 e. The topological polar surface area (TPSA) is 57.6 Å². The van der Waals surface area contributed by atoms with Crippen molar-refractivity contribution in [2.75, 3.05) is 13.1 Å². The zero-order valence-corrected chi connectivity index (χ0v) is 12.4. The molecule has 1 heterocycles. The molecule has 2 rings (SSSR count). The van der Waals surface area contributed by atoms with Crippen LogP contribution >= 0.6 is 11.6 Å². The van der Waals surface area contributed by atoms with Gasteiger partial charge in [0.05, 0.1) is 5.41 Å². The molecule has 0 atom stereocenters. The van der Waals surface area contributed by atoms with Crippen molar-refractivity contribution >= 4 is 23.5 Å². The Kier molecular flexibility index (Phi) is 4.04. The van der Waals surface area contributed by atoms with Gasteiger partial charge in [0.25, 0.3) is 5.91 Å². The summed E-state index contributed by atoms with van der Waals surface area (Å²) in [4.78, 5) is 25.4. The fourth-order valence-corrected chi connectivity index (χ4v) is 2.60.